The maximum atomic E-state index is 12.5. The predicted octanol–water partition coefficient (Wildman–Crippen LogP) is 7.54. The lowest BCUT2D eigenvalue weighted by Crippen LogP contribution is -2.08. The van der Waals surface area contributed by atoms with E-state index < -0.39 is 0 Å². The first-order valence-corrected chi connectivity index (χ1v) is 14.1. The van der Waals surface area contributed by atoms with Gasteiger partial charge >= 0.3 is 0 Å². The fourth-order valence-corrected chi connectivity index (χ4v) is 5.10. The highest BCUT2D eigenvalue weighted by molar-refractivity contribution is 14.1. The van der Waals surface area contributed by atoms with Crippen LogP contribution in [-0.4, -0.2) is 23.2 Å². The van der Waals surface area contributed by atoms with Crippen LogP contribution in [0.5, 0.6) is 11.5 Å². The number of aromatic amines is 2. The Balaban J connectivity index is 0.000000158. The third-order valence-corrected chi connectivity index (χ3v) is 7.25. The molecule has 0 amide bonds. The van der Waals surface area contributed by atoms with Gasteiger partial charge in [0, 0.05) is 18.5 Å². The fourth-order valence-electron chi connectivity index (χ4n) is 4.68. The summed E-state index contributed by atoms with van der Waals surface area (Å²) in [5.74, 6) is 1.49. The number of halogens is 1. The summed E-state index contributed by atoms with van der Waals surface area (Å²) in [6, 6.07) is 21.3. The van der Waals surface area contributed by atoms with Crippen LogP contribution in [0, 0.1) is 3.57 Å². The van der Waals surface area contributed by atoms with Gasteiger partial charge < -0.3 is 19.4 Å². The zero-order chi connectivity index (χ0) is 27.4. The molecule has 6 rings (SSSR count). The summed E-state index contributed by atoms with van der Waals surface area (Å²) < 4.78 is 12.2. The van der Waals surface area contributed by atoms with Gasteiger partial charge in [-0.15, -0.1) is 0 Å². The number of aromatic nitrogens is 2. The van der Waals surface area contributed by atoms with Gasteiger partial charge in [-0.3, -0.25) is 9.59 Å². The first-order chi connectivity index (χ1) is 19.0. The van der Waals surface area contributed by atoms with Crippen LogP contribution in [-0.2, 0) is 0 Å². The van der Waals surface area contributed by atoms with Crippen molar-refractivity contribution in [2.24, 2.45) is 0 Å². The summed E-state index contributed by atoms with van der Waals surface area (Å²) in [6.45, 7) is 5.41. The minimum absolute atomic E-state index is 0.0203. The Labute approximate surface area is 239 Å². The molecule has 39 heavy (non-hydrogen) atoms. The summed E-state index contributed by atoms with van der Waals surface area (Å²) in [6.07, 6.45) is 5.27. The van der Waals surface area contributed by atoms with Gasteiger partial charge in [-0.25, -0.2) is 0 Å². The predicted molar refractivity (Wildman–Crippen MR) is 168 cm³/mol. The molecule has 2 N–H and O–H groups in total. The molecule has 0 aliphatic heterocycles. The molecular formula is C32H29IN2O4. The second kappa shape index (κ2) is 11.9. The summed E-state index contributed by atoms with van der Waals surface area (Å²) in [4.78, 5) is 31.0. The topological polar surface area (TPSA) is 84.2 Å². The largest absolute Gasteiger partial charge is 0.491 e. The van der Waals surface area contributed by atoms with Crippen molar-refractivity contribution in [3.63, 3.8) is 0 Å². The van der Waals surface area contributed by atoms with E-state index in [2.05, 4.69) is 46.4 Å². The second-order valence-electron chi connectivity index (χ2n) is 9.20. The molecule has 6 nitrogen and oxygen atoms in total. The van der Waals surface area contributed by atoms with Crippen molar-refractivity contribution >= 4 is 65.9 Å². The lowest BCUT2D eigenvalue weighted by atomic mass is 10.0. The molecule has 0 radical (unpaired) electrons. The lowest BCUT2D eigenvalue weighted by Gasteiger charge is -2.11. The Morgan fingerprint density at radius 1 is 0.718 bits per heavy atom. The molecule has 6 aromatic rings. The Hall–Kier alpha value is -3.85. The number of hydrogen-bond acceptors (Lipinski definition) is 4. The Bertz CT molecular complexity index is 1910. The monoisotopic (exact) mass is 632 g/mol. The highest BCUT2D eigenvalue weighted by Crippen LogP contribution is 2.31. The molecule has 4 aromatic carbocycles. The van der Waals surface area contributed by atoms with Crippen LogP contribution in [0.3, 0.4) is 0 Å². The molecule has 0 bridgehead atoms. The smallest absolute Gasteiger partial charge is 0.203 e. The van der Waals surface area contributed by atoms with Crippen molar-refractivity contribution in [3.05, 3.63) is 103 Å². The molecule has 7 heteroatoms. The van der Waals surface area contributed by atoms with Crippen molar-refractivity contribution < 1.29 is 9.47 Å². The zero-order valence-corrected chi connectivity index (χ0v) is 24.0. The molecule has 0 spiro atoms. The van der Waals surface area contributed by atoms with Crippen molar-refractivity contribution in [1.82, 2.24) is 9.97 Å². The van der Waals surface area contributed by atoms with Gasteiger partial charge in [0.15, 0.2) is 5.43 Å². The summed E-state index contributed by atoms with van der Waals surface area (Å²) >= 11 is 2.06. The first-order valence-electron chi connectivity index (χ1n) is 13.0. The van der Waals surface area contributed by atoms with Gasteiger partial charge in [-0.2, -0.15) is 0 Å². The molecule has 2 heterocycles. The van der Waals surface area contributed by atoms with E-state index in [-0.39, 0.29) is 10.9 Å². The molecule has 0 atom stereocenters. The number of H-pyrrole nitrogens is 2. The van der Waals surface area contributed by atoms with E-state index in [9.17, 15) is 9.59 Å². The van der Waals surface area contributed by atoms with Crippen molar-refractivity contribution in [2.75, 3.05) is 13.2 Å². The zero-order valence-electron chi connectivity index (χ0n) is 21.8. The molecule has 0 aliphatic carbocycles. The molecule has 198 valence electrons. The maximum Gasteiger partial charge on any atom is 0.203 e. The van der Waals surface area contributed by atoms with Crippen molar-refractivity contribution in [3.8, 4) is 11.5 Å². The Morgan fingerprint density at radius 3 is 1.85 bits per heavy atom. The number of ether oxygens (including phenoxy) is 2. The number of fused-ring (bicyclic) bond motifs is 6. The minimum Gasteiger partial charge on any atom is -0.491 e. The van der Waals surface area contributed by atoms with Gasteiger partial charge in [0.2, 0.25) is 5.43 Å². The van der Waals surface area contributed by atoms with Crippen molar-refractivity contribution in [1.29, 1.82) is 0 Å². The standard InChI is InChI=1S/C16H14INO2.C16H15NO2/c1-2-7-20-13-8-10-5-3-4-6-11(10)14-15(13)18-9-12(17)16(14)19;1-2-9-19-14-10-11-5-3-4-6-12(11)15-13(18)7-8-17-16(14)15/h3-6,8-9H,2,7H2,1H3,(H,18,19);3-8,10H,2,9H2,1H3,(H,17,18). The normalized spacial score (nSPS) is 11.1. The highest BCUT2D eigenvalue weighted by Gasteiger charge is 2.13. The number of nitrogens with one attached hydrogen (secondary N) is 2. The summed E-state index contributed by atoms with van der Waals surface area (Å²) in [7, 11) is 0. The van der Waals surface area contributed by atoms with Gasteiger partial charge in [0.05, 0.1) is 38.6 Å². The molecule has 0 aliphatic rings. The maximum absolute atomic E-state index is 12.5. The number of rotatable bonds is 6. The fraction of sp³-hybridized carbons (Fsp3) is 0.188. The first kappa shape index (κ1) is 26.7. The Kier molecular flexibility index (Phi) is 8.16. The number of pyridine rings is 2. The van der Waals surface area contributed by atoms with E-state index in [4.69, 9.17) is 9.47 Å². The van der Waals surface area contributed by atoms with E-state index in [0.29, 0.717) is 27.6 Å². The second-order valence-corrected chi connectivity index (χ2v) is 10.4. The number of benzene rings is 4. The average Bonchev–Trinajstić information content (AvgIpc) is 2.96. The van der Waals surface area contributed by atoms with Crippen LogP contribution < -0.4 is 20.3 Å². The SMILES string of the molecule is CCCOc1cc2ccccc2c2c(=O)c(I)c[nH]c12.CCCOc1cc2ccccc2c2c(=O)cc[nH]c12. The molecule has 0 fully saturated rings. The van der Waals surface area contributed by atoms with Crippen LogP contribution in [0.25, 0.3) is 43.4 Å². The van der Waals surface area contributed by atoms with Crippen LogP contribution >= 0.6 is 22.6 Å². The Morgan fingerprint density at radius 2 is 1.26 bits per heavy atom. The molecular weight excluding hydrogens is 603 g/mol. The third-order valence-electron chi connectivity index (χ3n) is 6.45. The van der Waals surface area contributed by atoms with Crippen molar-refractivity contribution in [2.45, 2.75) is 26.7 Å². The van der Waals surface area contributed by atoms with E-state index in [1.165, 1.54) is 0 Å². The summed E-state index contributed by atoms with van der Waals surface area (Å²) in [5, 5.41) is 5.39. The molecule has 2 aromatic heterocycles. The van der Waals surface area contributed by atoms with Gasteiger partial charge in [-0.1, -0.05) is 62.4 Å². The van der Waals surface area contributed by atoms with E-state index in [1.54, 1.807) is 18.5 Å². The van der Waals surface area contributed by atoms with E-state index in [1.807, 2.05) is 60.7 Å². The van der Waals surface area contributed by atoms with E-state index in [0.717, 1.165) is 56.9 Å². The molecule has 0 saturated carbocycles. The number of hydrogen-bond donors (Lipinski definition) is 2. The van der Waals surface area contributed by atoms with Crippen LogP contribution in [0.4, 0.5) is 0 Å². The van der Waals surface area contributed by atoms with Crippen LogP contribution in [0.1, 0.15) is 26.7 Å². The molecule has 0 saturated heterocycles. The average molecular weight is 632 g/mol. The van der Waals surface area contributed by atoms with Crippen LogP contribution in [0.15, 0.2) is 88.7 Å². The van der Waals surface area contributed by atoms with E-state index >= 15 is 0 Å². The lowest BCUT2D eigenvalue weighted by molar-refractivity contribution is 0.321. The van der Waals surface area contributed by atoms with Gasteiger partial charge in [0.25, 0.3) is 0 Å². The summed E-state index contributed by atoms with van der Waals surface area (Å²) in [5.41, 5.74) is 1.63. The molecule has 0 unspecified atom stereocenters. The quantitative estimate of drug-likeness (QED) is 0.147. The highest BCUT2D eigenvalue weighted by atomic mass is 127. The van der Waals surface area contributed by atoms with Crippen LogP contribution in [0.2, 0.25) is 0 Å². The van der Waals surface area contributed by atoms with Gasteiger partial charge in [-0.05, 0) is 69.1 Å². The minimum atomic E-state index is 0.0203. The van der Waals surface area contributed by atoms with Gasteiger partial charge in [0.1, 0.15) is 11.5 Å². The third kappa shape index (κ3) is 5.36.